The van der Waals surface area contributed by atoms with Crippen molar-refractivity contribution < 1.29 is 43.1 Å². The van der Waals surface area contributed by atoms with Gasteiger partial charge in [0.1, 0.15) is 11.9 Å². The summed E-state index contributed by atoms with van der Waals surface area (Å²) in [6, 6.07) is 15.9. The van der Waals surface area contributed by atoms with E-state index in [0.717, 1.165) is 11.3 Å². The molecule has 3 rings (SSSR count). The molecule has 0 bridgehead atoms. The van der Waals surface area contributed by atoms with Crippen LogP contribution in [0.2, 0.25) is 0 Å². The fourth-order valence-corrected chi connectivity index (χ4v) is 4.09. The van der Waals surface area contributed by atoms with E-state index >= 15 is 0 Å². The van der Waals surface area contributed by atoms with Crippen LogP contribution in [-0.4, -0.2) is 67.6 Å². The predicted molar refractivity (Wildman–Crippen MR) is 134 cm³/mol. The molecule has 2 aromatic carbocycles. The maximum atomic E-state index is 12.6. The van der Waals surface area contributed by atoms with E-state index in [1.54, 1.807) is 58.2 Å². The Hall–Kier alpha value is -2.98. The number of carbonyl (C=O) groups excluding carboxylic acids is 2. The second-order valence-electron chi connectivity index (χ2n) is 9.15. The molecule has 1 N–H and O–H groups in total. The van der Waals surface area contributed by atoms with Crippen molar-refractivity contribution in [2.24, 2.45) is 0 Å². The molecule has 1 aliphatic heterocycles. The van der Waals surface area contributed by atoms with Gasteiger partial charge < -0.3 is 33.5 Å². The molecule has 0 amide bonds. The van der Waals surface area contributed by atoms with E-state index in [2.05, 4.69) is 0 Å². The minimum Gasteiger partial charge on any atom is -0.497 e. The van der Waals surface area contributed by atoms with Crippen LogP contribution in [0.4, 0.5) is 0 Å². The molecule has 2 aromatic rings. The zero-order valence-corrected chi connectivity index (χ0v) is 21.8. The second-order valence-corrected chi connectivity index (χ2v) is 9.15. The van der Waals surface area contributed by atoms with Crippen LogP contribution in [0.3, 0.4) is 0 Å². The highest BCUT2D eigenvalue weighted by molar-refractivity contribution is 5.91. The molecule has 1 heterocycles. The van der Waals surface area contributed by atoms with Crippen molar-refractivity contribution in [1.29, 1.82) is 0 Å². The summed E-state index contributed by atoms with van der Waals surface area (Å²) in [7, 11) is 1.62. The molecule has 0 spiro atoms. The maximum Gasteiger partial charge on any atom is 0.350 e. The minimum absolute atomic E-state index is 0.00186. The van der Waals surface area contributed by atoms with E-state index in [-0.39, 0.29) is 18.6 Å². The maximum absolute atomic E-state index is 12.6. The van der Waals surface area contributed by atoms with Crippen LogP contribution in [0.25, 0.3) is 0 Å². The largest absolute Gasteiger partial charge is 0.497 e. The van der Waals surface area contributed by atoms with Crippen molar-refractivity contribution >= 4 is 11.9 Å². The van der Waals surface area contributed by atoms with E-state index in [1.807, 2.05) is 24.3 Å². The minimum atomic E-state index is -1.51. The summed E-state index contributed by atoms with van der Waals surface area (Å²) in [5, 5.41) is 11.0. The molecule has 0 saturated carbocycles. The monoisotopic (exact) mass is 516 g/mol. The Kier molecular flexibility index (Phi) is 10.5. The van der Waals surface area contributed by atoms with Crippen LogP contribution < -0.4 is 4.74 Å². The first kappa shape index (κ1) is 28.6. The fraction of sp³-hybridized carbons (Fsp3) is 0.500. The topological polar surface area (TPSA) is 110 Å². The Morgan fingerprint density at radius 3 is 2.35 bits per heavy atom. The first-order valence-electron chi connectivity index (χ1n) is 12.4. The lowest BCUT2D eigenvalue weighted by atomic mass is 10.0. The predicted octanol–water partition coefficient (Wildman–Crippen LogP) is 3.66. The van der Waals surface area contributed by atoms with Crippen molar-refractivity contribution in [1.82, 2.24) is 0 Å². The van der Waals surface area contributed by atoms with Gasteiger partial charge in [0.2, 0.25) is 6.10 Å². The average Bonchev–Trinajstić information content (AvgIpc) is 3.18. The quantitative estimate of drug-likeness (QED) is 0.315. The lowest BCUT2D eigenvalue weighted by Gasteiger charge is -2.25. The van der Waals surface area contributed by atoms with Crippen molar-refractivity contribution in [3.8, 4) is 5.75 Å². The molecule has 0 aliphatic carbocycles. The first-order chi connectivity index (χ1) is 17.7. The van der Waals surface area contributed by atoms with Gasteiger partial charge in [0.05, 0.1) is 38.1 Å². The number of rotatable bonds is 13. The van der Waals surface area contributed by atoms with Crippen molar-refractivity contribution in [3.63, 3.8) is 0 Å². The van der Waals surface area contributed by atoms with Crippen LogP contribution in [0.15, 0.2) is 54.6 Å². The molecular weight excluding hydrogens is 480 g/mol. The van der Waals surface area contributed by atoms with Crippen LogP contribution in [0.1, 0.15) is 49.5 Å². The standard InChI is InChI=1S/C28H36O9/c1-5-34-27(31)25(35-26(30)20-9-7-6-8-10-20)22(29)17-24-23(36-28(2,3)37-24)15-16-33-18-19-11-13-21(32-4)14-12-19/h6-14,22-25,29H,5,15-18H2,1-4H3/t22-,23+,24+,25+/m0/s1. The molecule has 9 heteroatoms. The van der Waals surface area contributed by atoms with Gasteiger partial charge in [-0.1, -0.05) is 30.3 Å². The van der Waals surface area contributed by atoms with Crippen LogP contribution in [0.5, 0.6) is 5.75 Å². The summed E-state index contributed by atoms with van der Waals surface area (Å²) in [5.41, 5.74) is 1.27. The fourth-order valence-electron chi connectivity index (χ4n) is 4.09. The summed E-state index contributed by atoms with van der Waals surface area (Å²) in [6.45, 7) is 6.10. The molecule has 0 radical (unpaired) electrons. The molecule has 202 valence electrons. The van der Waals surface area contributed by atoms with Gasteiger partial charge in [0.15, 0.2) is 5.79 Å². The number of methoxy groups -OCH3 is 1. The molecule has 0 aromatic heterocycles. The molecule has 1 aliphatic rings. The number of carbonyl (C=O) groups is 2. The second kappa shape index (κ2) is 13.5. The zero-order chi connectivity index (χ0) is 26.8. The van der Waals surface area contributed by atoms with E-state index in [1.165, 1.54) is 0 Å². The number of benzene rings is 2. The van der Waals surface area contributed by atoms with Crippen molar-refractivity contribution in [2.45, 2.75) is 70.4 Å². The highest BCUT2D eigenvalue weighted by Gasteiger charge is 2.44. The van der Waals surface area contributed by atoms with Gasteiger partial charge in [-0.3, -0.25) is 0 Å². The summed E-state index contributed by atoms with van der Waals surface area (Å²) in [5.74, 6) is -1.66. The molecular formula is C28H36O9. The lowest BCUT2D eigenvalue weighted by Crippen LogP contribution is -2.43. The summed E-state index contributed by atoms with van der Waals surface area (Å²) in [6.07, 6.45) is -3.32. The number of aliphatic hydroxyl groups is 1. The van der Waals surface area contributed by atoms with Gasteiger partial charge in [0.25, 0.3) is 0 Å². The van der Waals surface area contributed by atoms with Gasteiger partial charge >= 0.3 is 11.9 Å². The number of hydrogen-bond donors (Lipinski definition) is 1. The summed E-state index contributed by atoms with van der Waals surface area (Å²) in [4.78, 5) is 25.1. The van der Waals surface area contributed by atoms with E-state index in [9.17, 15) is 14.7 Å². The molecule has 1 fully saturated rings. The van der Waals surface area contributed by atoms with Gasteiger partial charge in [-0.2, -0.15) is 0 Å². The normalized spacial score (nSPS) is 20.1. The van der Waals surface area contributed by atoms with Crippen LogP contribution in [0, 0.1) is 0 Å². The number of aliphatic hydroxyl groups excluding tert-OH is 1. The molecule has 4 atom stereocenters. The molecule has 1 saturated heterocycles. The smallest absolute Gasteiger partial charge is 0.350 e. The summed E-state index contributed by atoms with van der Waals surface area (Å²) >= 11 is 0. The van der Waals surface area contributed by atoms with E-state index in [4.69, 9.17) is 28.4 Å². The zero-order valence-electron chi connectivity index (χ0n) is 21.8. The Labute approximate surface area is 217 Å². The molecule has 37 heavy (non-hydrogen) atoms. The highest BCUT2D eigenvalue weighted by Crippen LogP contribution is 2.33. The van der Waals surface area contributed by atoms with Gasteiger partial charge in [-0.05, 0) is 57.0 Å². The molecule has 9 nitrogen and oxygen atoms in total. The Morgan fingerprint density at radius 2 is 1.70 bits per heavy atom. The van der Waals surface area contributed by atoms with Gasteiger partial charge in [-0.15, -0.1) is 0 Å². The van der Waals surface area contributed by atoms with E-state index in [0.29, 0.717) is 19.6 Å². The van der Waals surface area contributed by atoms with Crippen molar-refractivity contribution in [2.75, 3.05) is 20.3 Å². The van der Waals surface area contributed by atoms with Crippen LogP contribution >= 0.6 is 0 Å². The Balaban J connectivity index is 1.59. The lowest BCUT2D eigenvalue weighted by molar-refractivity contribution is -0.163. The highest BCUT2D eigenvalue weighted by atomic mass is 16.8. The SMILES string of the molecule is CCOC(=O)[C@H](OC(=O)c1ccccc1)[C@@H](O)C[C@H]1OC(C)(C)O[C@@H]1CCOCc1ccc(OC)cc1. The van der Waals surface area contributed by atoms with Gasteiger partial charge in [0, 0.05) is 13.0 Å². The third-order valence-corrected chi connectivity index (χ3v) is 5.85. The summed E-state index contributed by atoms with van der Waals surface area (Å²) < 4.78 is 33.5. The van der Waals surface area contributed by atoms with E-state index < -0.39 is 42.1 Å². The van der Waals surface area contributed by atoms with Crippen LogP contribution in [-0.2, 0) is 35.1 Å². The average molecular weight is 517 g/mol. The number of esters is 2. The van der Waals surface area contributed by atoms with Crippen molar-refractivity contribution in [3.05, 3.63) is 65.7 Å². The molecule has 0 unspecified atom stereocenters. The number of ether oxygens (including phenoxy) is 6. The third-order valence-electron chi connectivity index (χ3n) is 5.85. The Bertz CT molecular complexity index is 990. The number of hydrogen-bond acceptors (Lipinski definition) is 9. The first-order valence-corrected chi connectivity index (χ1v) is 12.4. The Morgan fingerprint density at radius 1 is 1.03 bits per heavy atom. The van der Waals surface area contributed by atoms with Gasteiger partial charge in [-0.25, -0.2) is 9.59 Å². The third kappa shape index (κ3) is 8.53.